The predicted molar refractivity (Wildman–Crippen MR) is 48.0 cm³/mol. The summed E-state index contributed by atoms with van der Waals surface area (Å²) in [5.41, 5.74) is 0.655. The molecule has 7 heteroatoms. The highest BCUT2D eigenvalue weighted by atomic mass is 32.2. The van der Waals surface area contributed by atoms with E-state index in [1.165, 1.54) is 11.4 Å². The van der Waals surface area contributed by atoms with Crippen molar-refractivity contribution < 1.29 is 13.6 Å². The average molecular weight is 207 g/mol. The molecule has 1 saturated heterocycles. The van der Waals surface area contributed by atoms with E-state index >= 15 is 0 Å². The minimum Gasteiger partial charge on any atom is -0.411 e. The van der Waals surface area contributed by atoms with Crippen LogP contribution in [-0.4, -0.2) is 43.8 Å². The molecule has 1 aliphatic rings. The largest absolute Gasteiger partial charge is 0.411 e. The van der Waals surface area contributed by atoms with Crippen LogP contribution in [0.1, 0.15) is 12.8 Å². The molecular weight excluding hydrogens is 194 g/mol. The van der Waals surface area contributed by atoms with E-state index in [4.69, 9.17) is 5.21 Å². The molecule has 1 fully saturated rings. The van der Waals surface area contributed by atoms with E-state index in [0.29, 0.717) is 31.6 Å². The van der Waals surface area contributed by atoms with E-state index in [2.05, 4.69) is 9.88 Å². The number of piperidine rings is 1. The summed E-state index contributed by atoms with van der Waals surface area (Å²) in [6.45, 7) is 0.755. The molecule has 13 heavy (non-hydrogen) atoms. The Labute approximate surface area is 77.4 Å². The van der Waals surface area contributed by atoms with Gasteiger partial charge in [0.1, 0.15) is 0 Å². The number of hydrogen-bond acceptors (Lipinski definition) is 4. The predicted octanol–water partition coefficient (Wildman–Crippen LogP) is -0.623. The van der Waals surface area contributed by atoms with Crippen LogP contribution in [0.4, 0.5) is 0 Å². The smallest absolute Gasteiger partial charge is 0.279 e. The zero-order chi connectivity index (χ0) is 9.90. The Morgan fingerprint density at radius 2 is 2.00 bits per heavy atom. The van der Waals surface area contributed by atoms with Gasteiger partial charge in [-0.2, -0.15) is 12.7 Å². The SMILES string of the molecule is CNS(=O)(=O)N1CCC(=NO)CC1. The van der Waals surface area contributed by atoms with Crippen molar-refractivity contribution in [1.82, 2.24) is 9.03 Å². The molecule has 76 valence electrons. The molecule has 6 nitrogen and oxygen atoms in total. The molecule has 2 N–H and O–H groups in total. The van der Waals surface area contributed by atoms with Gasteiger partial charge < -0.3 is 5.21 Å². The summed E-state index contributed by atoms with van der Waals surface area (Å²) in [5, 5.41) is 11.5. The fraction of sp³-hybridized carbons (Fsp3) is 0.833. The van der Waals surface area contributed by atoms with Crippen molar-refractivity contribution in [3.63, 3.8) is 0 Å². The lowest BCUT2D eigenvalue weighted by atomic mass is 10.1. The number of oxime groups is 1. The summed E-state index contributed by atoms with van der Waals surface area (Å²) in [6, 6.07) is 0. The minimum absolute atomic E-state index is 0.378. The van der Waals surface area contributed by atoms with E-state index < -0.39 is 10.2 Å². The maximum Gasteiger partial charge on any atom is 0.279 e. The summed E-state index contributed by atoms with van der Waals surface area (Å²) in [4.78, 5) is 0. The first-order valence-electron chi connectivity index (χ1n) is 3.98. The Bertz CT molecular complexity index is 288. The molecule has 0 atom stereocenters. The van der Waals surface area contributed by atoms with Gasteiger partial charge >= 0.3 is 0 Å². The van der Waals surface area contributed by atoms with Crippen molar-refractivity contribution in [2.75, 3.05) is 20.1 Å². The normalized spacial score (nSPS) is 20.2. The number of rotatable bonds is 2. The second kappa shape index (κ2) is 4.03. The third-order valence-corrected chi connectivity index (χ3v) is 3.60. The van der Waals surface area contributed by atoms with Crippen LogP contribution in [0.5, 0.6) is 0 Å². The number of nitrogens with one attached hydrogen (secondary N) is 1. The Morgan fingerprint density at radius 1 is 1.46 bits per heavy atom. The summed E-state index contributed by atoms with van der Waals surface area (Å²) < 4.78 is 26.1. The second-order valence-electron chi connectivity index (χ2n) is 2.77. The van der Waals surface area contributed by atoms with Crippen LogP contribution in [0.25, 0.3) is 0 Å². The quantitative estimate of drug-likeness (QED) is 0.467. The summed E-state index contributed by atoms with van der Waals surface area (Å²) >= 11 is 0. The van der Waals surface area contributed by atoms with Gasteiger partial charge in [-0.3, -0.25) is 0 Å². The highest BCUT2D eigenvalue weighted by Gasteiger charge is 2.24. The monoisotopic (exact) mass is 207 g/mol. The van der Waals surface area contributed by atoms with Gasteiger partial charge in [0.2, 0.25) is 0 Å². The van der Waals surface area contributed by atoms with Gasteiger partial charge in [-0.05, 0) is 0 Å². The first kappa shape index (κ1) is 10.4. The van der Waals surface area contributed by atoms with Crippen molar-refractivity contribution in [2.24, 2.45) is 5.16 Å². The molecule has 0 amide bonds. The van der Waals surface area contributed by atoms with Gasteiger partial charge in [0.25, 0.3) is 10.2 Å². The van der Waals surface area contributed by atoms with E-state index in [1.54, 1.807) is 0 Å². The highest BCUT2D eigenvalue weighted by molar-refractivity contribution is 7.87. The van der Waals surface area contributed by atoms with Crippen molar-refractivity contribution in [3.05, 3.63) is 0 Å². The fourth-order valence-corrected chi connectivity index (χ4v) is 2.14. The molecule has 0 saturated carbocycles. The second-order valence-corrected chi connectivity index (χ2v) is 4.65. The number of hydrogen-bond donors (Lipinski definition) is 2. The van der Waals surface area contributed by atoms with Gasteiger partial charge in [0.15, 0.2) is 0 Å². The van der Waals surface area contributed by atoms with Crippen LogP contribution in [0.3, 0.4) is 0 Å². The molecular formula is C6H13N3O3S. The van der Waals surface area contributed by atoms with Crippen molar-refractivity contribution in [3.8, 4) is 0 Å². The third-order valence-electron chi connectivity index (χ3n) is 2.04. The zero-order valence-electron chi connectivity index (χ0n) is 7.39. The van der Waals surface area contributed by atoms with E-state index in [0.717, 1.165) is 0 Å². The van der Waals surface area contributed by atoms with E-state index in [-0.39, 0.29) is 0 Å². The Hall–Kier alpha value is -0.660. The van der Waals surface area contributed by atoms with Gasteiger partial charge in [0.05, 0.1) is 5.71 Å². The van der Waals surface area contributed by atoms with Gasteiger partial charge in [-0.1, -0.05) is 5.16 Å². The highest BCUT2D eigenvalue weighted by Crippen LogP contribution is 2.09. The summed E-state index contributed by atoms with van der Waals surface area (Å²) in [6.07, 6.45) is 0.995. The van der Waals surface area contributed by atoms with E-state index in [1.807, 2.05) is 0 Å². The van der Waals surface area contributed by atoms with Crippen molar-refractivity contribution in [1.29, 1.82) is 0 Å². The Morgan fingerprint density at radius 3 is 2.38 bits per heavy atom. The minimum atomic E-state index is -3.31. The van der Waals surface area contributed by atoms with Crippen LogP contribution < -0.4 is 4.72 Å². The van der Waals surface area contributed by atoms with Gasteiger partial charge in [0, 0.05) is 33.0 Å². The Balaban J connectivity index is 2.60. The van der Waals surface area contributed by atoms with Crippen molar-refractivity contribution >= 4 is 15.9 Å². The molecule has 0 unspecified atom stereocenters. The average Bonchev–Trinajstić information content (AvgIpc) is 2.18. The molecule has 0 spiro atoms. The lowest BCUT2D eigenvalue weighted by molar-refractivity contribution is 0.309. The molecule has 0 aromatic rings. The first-order chi connectivity index (χ1) is 6.10. The lowest BCUT2D eigenvalue weighted by Gasteiger charge is -2.25. The maximum absolute atomic E-state index is 11.3. The summed E-state index contributed by atoms with van der Waals surface area (Å²) in [7, 11) is -1.93. The van der Waals surface area contributed by atoms with Crippen LogP contribution in [0.15, 0.2) is 5.16 Å². The van der Waals surface area contributed by atoms with E-state index in [9.17, 15) is 8.42 Å². The van der Waals surface area contributed by atoms with Gasteiger partial charge in [-0.15, -0.1) is 0 Å². The third kappa shape index (κ3) is 2.39. The molecule has 0 aliphatic carbocycles. The maximum atomic E-state index is 11.3. The molecule has 1 rings (SSSR count). The van der Waals surface area contributed by atoms with Crippen LogP contribution in [0.2, 0.25) is 0 Å². The number of nitrogens with zero attached hydrogens (tertiary/aromatic N) is 2. The Kier molecular flexibility index (Phi) is 3.23. The van der Waals surface area contributed by atoms with Gasteiger partial charge in [-0.25, -0.2) is 4.72 Å². The molecule has 0 bridgehead atoms. The molecule has 0 aromatic heterocycles. The molecule has 0 aromatic carbocycles. The first-order valence-corrected chi connectivity index (χ1v) is 5.42. The lowest BCUT2D eigenvalue weighted by Crippen LogP contribution is -2.43. The molecule has 1 heterocycles. The van der Waals surface area contributed by atoms with Crippen LogP contribution in [0, 0.1) is 0 Å². The topological polar surface area (TPSA) is 82.0 Å². The van der Waals surface area contributed by atoms with Crippen LogP contribution in [-0.2, 0) is 10.2 Å². The molecule has 0 radical (unpaired) electrons. The molecule has 1 aliphatic heterocycles. The van der Waals surface area contributed by atoms with Crippen LogP contribution >= 0.6 is 0 Å². The zero-order valence-corrected chi connectivity index (χ0v) is 8.21. The fourth-order valence-electron chi connectivity index (χ4n) is 1.21. The summed E-state index contributed by atoms with van der Waals surface area (Å²) in [5.74, 6) is 0. The van der Waals surface area contributed by atoms with Crippen molar-refractivity contribution in [2.45, 2.75) is 12.8 Å². The standard InChI is InChI=1S/C6H13N3O3S/c1-7-13(11,12)9-4-2-6(8-10)3-5-9/h7,10H,2-5H2,1H3.